The third kappa shape index (κ3) is 8.01. The van der Waals surface area contributed by atoms with Crippen molar-refractivity contribution in [3.8, 4) is 17.2 Å². The maximum absolute atomic E-state index is 12.2. The van der Waals surface area contributed by atoms with E-state index in [9.17, 15) is 9.59 Å². The van der Waals surface area contributed by atoms with Crippen molar-refractivity contribution < 1.29 is 23.8 Å². The fourth-order valence-electron chi connectivity index (χ4n) is 3.04. The molecule has 1 N–H and O–H groups in total. The number of carbonyl (C=O) groups is 2. The number of para-hydroxylation sites is 1. The van der Waals surface area contributed by atoms with Gasteiger partial charge in [0.2, 0.25) is 0 Å². The highest BCUT2D eigenvalue weighted by Crippen LogP contribution is 2.28. The second-order valence-corrected chi connectivity index (χ2v) is 7.26. The molecule has 0 aliphatic carbocycles. The van der Waals surface area contributed by atoms with Crippen molar-refractivity contribution >= 4 is 24.2 Å². The molecule has 0 aromatic heterocycles. The number of hydrazone groups is 1. The van der Waals surface area contributed by atoms with Crippen molar-refractivity contribution in [2.45, 2.75) is 6.42 Å². The van der Waals surface area contributed by atoms with E-state index in [1.165, 1.54) is 19.4 Å². The van der Waals surface area contributed by atoms with Crippen LogP contribution in [0.5, 0.6) is 17.2 Å². The number of esters is 1. The Morgan fingerprint density at radius 1 is 0.943 bits per heavy atom. The summed E-state index contributed by atoms with van der Waals surface area (Å²) >= 11 is 0. The first kappa shape index (κ1) is 25.0. The van der Waals surface area contributed by atoms with Crippen molar-refractivity contribution in [3.05, 3.63) is 108 Å². The molecule has 0 saturated heterocycles. The number of methoxy groups -OCH3 is 1. The summed E-state index contributed by atoms with van der Waals surface area (Å²) < 4.78 is 16.3. The highest BCUT2D eigenvalue weighted by molar-refractivity contribution is 5.89. The van der Waals surface area contributed by atoms with E-state index < -0.39 is 11.9 Å². The molecule has 0 aliphatic heterocycles. The van der Waals surface area contributed by atoms with E-state index in [4.69, 9.17) is 14.2 Å². The van der Waals surface area contributed by atoms with Gasteiger partial charge in [-0.05, 0) is 53.5 Å². The number of nitrogens with zero attached hydrogens (tertiary/aromatic N) is 1. The molecule has 0 heterocycles. The Kier molecular flexibility index (Phi) is 9.39. The van der Waals surface area contributed by atoms with Crippen LogP contribution in [-0.2, 0) is 16.0 Å². The summed E-state index contributed by atoms with van der Waals surface area (Å²) in [6.45, 7) is 3.54. The zero-order valence-electron chi connectivity index (χ0n) is 19.3. The zero-order valence-corrected chi connectivity index (χ0v) is 19.3. The standard InChI is InChI=1S/C28H26N2O5/c1-3-9-23-12-7-8-13-24(23)34-20-27(31)30-29-19-22-14-16-25(26(18-22)33-2)35-28(32)17-15-21-10-5-4-6-11-21/h3-8,10-19H,1,9,20H2,2H3,(H,30,31). The van der Waals surface area contributed by atoms with Crippen molar-refractivity contribution in [2.24, 2.45) is 5.10 Å². The number of nitrogens with one attached hydrogen (secondary N) is 1. The summed E-state index contributed by atoms with van der Waals surface area (Å²) in [4.78, 5) is 24.2. The van der Waals surface area contributed by atoms with E-state index >= 15 is 0 Å². The largest absolute Gasteiger partial charge is 0.493 e. The topological polar surface area (TPSA) is 86.2 Å². The van der Waals surface area contributed by atoms with E-state index in [1.54, 1.807) is 36.4 Å². The van der Waals surface area contributed by atoms with Crippen molar-refractivity contribution in [1.29, 1.82) is 0 Å². The molecule has 3 rings (SSSR count). The van der Waals surface area contributed by atoms with Crippen LogP contribution in [0.2, 0.25) is 0 Å². The highest BCUT2D eigenvalue weighted by atomic mass is 16.6. The third-order valence-corrected chi connectivity index (χ3v) is 4.71. The van der Waals surface area contributed by atoms with Gasteiger partial charge in [0, 0.05) is 6.08 Å². The fourth-order valence-corrected chi connectivity index (χ4v) is 3.04. The van der Waals surface area contributed by atoms with Crippen LogP contribution in [0.15, 0.2) is 96.6 Å². The maximum atomic E-state index is 12.2. The van der Waals surface area contributed by atoms with E-state index in [-0.39, 0.29) is 12.4 Å². The van der Waals surface area contributed by atoms with Crippen LogP contribution in [-0.4, -0.2) is 31.8 Å². The number of amides is 1. The molecule has 1 amide bonds. The minimum atomic E-state index is -0.532. The minimum absolute atomic E-state index is 0.180. The Hall–Kier alpha value is -4.65. The zero-order chi connectivity index (χ0) is 24.9. The maximum Gasteiger partial charge on any atom is 0.336 e. The molecule has 3 aromatic carbocycles. The number of ether oxygens (including phenoxy) is 3. The lowest BCUT2D eigenvalue weighted by Gasteiger charge is -2.09. The normalized spacial score (nSPS) is 10.8. The average Bonchev–Trinajstić information content (AvgIpc) is 2.88. The lowest BCUT2D eigenvalue weighted by atomic mass is 10.1. The monoisotopic (exact) mass is 470 g/mol. The first-order valence-electron chi connectivity index (χ1n) is 10.9. The van der Waals surface area contributed by atoms with Gasteiger partial charge in [-0.3, -0.25) is 4.79 Å². The van der Waals surface area contributed by atoms with E-state index in [2.05, 4.69) is 17.1 Å². The van der Waals surface area contributed by atoms with Crippen LogP contribution < -0.4 is 19.6 Å². The summed E-state index contributed by atoms with van der Waals surface area (Å²) in [5.74, 6) is 0.305. The van der Waals surface area contributed by atoms with Crippen LogP contribution in [0.3, 0.4) is 0 Å². The molecule has 0 unspecified atom stereocenters. The number of rotatable bonds is 11. The molecule has 0 bridgehead atoms. The summed E-state index contributed by atoms with van der Waals surface area (Å²) in [6.07, 6.45) is 6.88. The van der Waals surface area contributed by atoms with Crippen LogP contribution in [0.1, 0.15) is 16.7 Å². The lowest BCUT2D eigenvalue weighted by Crippen LogP contribution is -2.24. The molecule has 0 spiro atoms. The SMILES string of the molecule is C=CCc1ccccc1OCC(=O)NN=Cc1ccc(OC(=O)C=Cc2ccccc2)c(OC)c1. The third-order valence-electron chi connectivity index (χ3n) is 4.71. The second kappa shape index (κ2) is 13.2. The molecule has 0 aliphatic rings. The minimum Gasteiger partial charge on any atom is -0.493 e. The molecular weight excluding hydrogens is 444 g/mol. The Bertz CT molecular complexity index is 1220. The van der Waals surface area contributed by atoms with Gasteiger partial charge in [0.25, 0.3) is 5.91 Å². The Morgan fingerprint density at radius 2 is 1.71 bits per heavy atom. The van der Waals surface area contributed by atoms with Crippen molar-refractivity contribution in [3.63, 3.8) is 0 Å². The predicted octanol–water partition coefficient (Wildman–Crippen LogP) is 4.57. The van der Waals surface area contributed by atoms with Crippen LogP contribution >= 0.6 is 0 Å². The second-order valence-electron chi connectivity index (χ2n) is 7.26. The number of hydrogen-bond acceptors (Lipinski definition) is 6. The molecule has 178 valence electrons. The van der Waals surface area contributed by atoms with Gasteiger partial charge in [0.15, 0.2) is 18.1 Å². The van der Waals surface area contributed by atoms with Gasteiger partial charge in [0.1, 0.15) is 5.75 Å². The summed E-state index contributed by atoms with van der Waals surface area (Å²) in [5, 5.41) is 3.95. The molecule has 0 saturated carbocycles. The molecule has 0 radical (unpaired) electrons. The number of benzene rings is 3. The van der Waals surface area contributed by atoms with Gasteiger partial charge < -0.3 is 14.2 Å². The van der Waals surface area contributed by atoms with Gasteiger partial charge >= 0.3 is 5.97 Å². The smallest absolute Gasteiger partial charge is 0.336 e. The average molecular weight is 471 g/mol. The predicted molar refractivity (Wildman–Crippen MR) is 136 cm³/mol. The molecule has 7 nitrogen and oxygen atoms in total. The molecule has 35 heavy (non-hydrogen) atoms. The van der Waals surface area contributed by atoms with E-state index in [1.807, 2.05) is 48.5 Å². The van der Waals surface area contributed by atoms with Crippen LogP contribution in [0, 0.1) is 0 Å². The summed E-state index contributed by atoms with van der Waals surface area (Å²) in [7, 11) is 1.47. The number of carbonyl (C=O) groups excluding carboxylic acids is 2. The number of hydrogen-bond donors (Lipinski definition) is 1. The first-order valence-corrected chi connectivity index (χ1v) is 10.9. The number of allylic oxidation sites excluding steroid dienone is 1. The Balaban J connectivity index is 1.53. The van der Waals surface area contributed by atoms with Gasteiger partial charge in [-0.25, -0.2) is 10.2 Å². The van der Waals surface area contributed by atoms with Gasteiger partial charge in [-0.2, -0.15) is 5.10 Å². The van der Waals surface area contributed by atoms with Crippen molar-refractivity contribution in [2.75, 3.05) is 13.7 Å². The van der Waals surface area contributed by atoms with Crippen LogP contribution in [0.25, 0.3) is 6.08 Å². The van der Waals surface area contributed by atoms with Crippen LogP contribution in [0.4, 0.5) is 0 Å². The van der Waals surface area contributed by atoms with Gasteiger partial charge in [0.05, 0.1) is 13.3 Å². The van der Waals surface area contributed by atoms with Gasteiger partial charge in [-0.15, -0.1) is 6.58 Å². The lowest BCUT2D eigenvalue weighted by molar-refractivity contribution is -0.129. The van der Waals surface area contributed by atoms with Gasteiger partial charge in [-0.1, -0.05) is 54.6 Å². The Morgan fingerprint density at radius 3 is 2.49 bits per heavy atom. The van der Waals surface area contributed by atoms with E-state index in [0.717, 1.165) is 11.1 Å². The summed E-state index contributed by atoms with van der Waals surface area (Å²) in [5.41, 5.74) is 4.89. The molecule has 3 aromatic rings. The summed E-state index contributed by atoms with van der Waals surface area (Å²) in [6, 6.07) is 21.8. The molecule has 0 fully saturated rings. The van der Waals surface area contributed by atoms with Crippen molar-refractivity contribution in [1.82, 2.24) is 5.43 Å². The molecule has 7 heteroatoms. The Labute approximate surface area is 204 Å². The quantitative estimate of drug-likeness (QED) is 0.111. The van der Waals surface area contributed by atoms with E-state index in [0.29, 0.717) is 23.5 Å². The molecular formula is C28H26N2O5. The fraction of sp³-hybridized carbons (Fsp3) is 0.107. The first-order chi connectivity index (χ1) is 17.1. The highest BCUT2D eigenvalue weighted by Gasteiger charge is 2.09. The molecule has 0 atom stereocenters.